The minimum atomic E-state index is -0.628. The molecule has 5 N–H and O–H groups in total. The van der Waals surface area contributed by atoms with Gasteiger partial charge < -0.3 is 26.1 Å². The van der Waals surface area contributed by atoms with Gasteiger partial charge in [0.1, 0.15) is 17.1 Å². The number of hydrogen-bond donors (Lipinski definition) is 4. The van der Waals surface area contributed by atoms with E-state index in [1.54, 1.807) is 18.3 Å². The third-order valence-electron chi connectivity index (χ3n) is 6.60. The molecule has 0 bridgehead atoms. The topological polar surface area (TPSA) is 139 Å². The summed E-state index contributed by atoms with van der Waals surface area (Å²) in [4.78, 5) is 44.9. The fourth-order valence-electron chi connectivity index (χ4n) is 4.60. The average molecular weight is 504 g/mol. The van der Waals surface area contributed by atoms with E-state index in [0.717, 1.165) is 31.2 Å². The summed E-state index contributed by atoms with van der Waals surface area (Å²) in [6.45, 7) is 3.93. The summed E-state index contributed by atoms with van der Waals surface area (Å²) in [6, 6.07) is 13.3. The van der Waals surface area contributed by atoms with Crippen LogP contribution in [0, 0.1) is 5.92 Å². The van der Waals surface area contributed by atoms with Crippen LogP contribution in [0.4, 0.5) is 0 Å². The highest BCUT2D eigenvalue weighted by Crippen LogP contribution is 2.26. The van der Waals surface area contributed by atoms with Gasteiger partial charge in [0.25, 0.3) is 11.8 Å². The predicted octanol–water partition coefficient (Wildman–Crippen LogP) is 3.76. The molecular formula is C28H33N5O4. The SMILES string of the molecule is CC(C)C(NC(=O)c1cc(C(N)=O)c[nH]1)C(NC(=O)c1cc(OC2CCCC2)ccn1)c1ccccc1. The molecule has 9 heteroatoms. The summed E-state index contributed by atoms with van der Waals surface area (Å²) in [5.41, 5.74) is 6.80. The van der Waals surface area contributed by atoms with Crippen molar-refractivity contribution in [3.63, 3.8) is 0 Å². The van der Waals surface area contributed by atoms with Crippen LogP contribution in [-0.4, -0.2) is 39.8 Å². The predicted molar refractivity (Wildman–Crippen MR) is 139 cm³/mol. The van der Waals surface area contributed by atoms with Gasteiger partial charge in [0.05, 0.1) is 23.8 Å². The quantitative estimate of drug-likeness (QED) is 0.334. The molecule has 1 saturated carbocycles. The van der Waals surface area contributed by atoms with Crippen molar-refractivity contribution in [1.29, 1.82) is 0 Å². The Morgan fingerprint density at radius 1 is 1.03 bits per heavy atom. The minimum Gasteiger partial charge on any atom is -0.490 e. The molecule has 0 radical (unpaired) electrons. The molecule has 3 aromatic rings. The zero-order valence-corrected chi connectivity index (χ0v) is 21.1. The minimum absolute atomic E-state index is 0.0509. The number of primary amides is 1. The average Bonchev–Trinajstić information content (AvgIpc) is 3.59. The third kappa shape index (κ3) is 6.55. The van der Waals surface area contributed by atoms with Crippen LogP contribution in [0.1, 0.15) is 82.5 Å². The fourth-order valence-corrected chi connectivity index (χ4v) is 4.60. The number of aromatic nitrogens is 2. The number of nitrogens with one attached hydrogen (secondary N) is 3. The Labute approximate surface area is 216 Å². The number of nitrogens with two attached hydrogens (primary N) is 1. The van der Waals surface area contributed by atoms with E-state index in [0.29, 0.717) is 5.75 Å². The highest BCUT2D eigenvalue weighted by Gasteiger charge is 2.30. The van der Waals surface area contributed by atoms with Crippen LogP contribution >= 0.6 is 0 Å². The number of carbonyl (C=O) groups excluding carboxylic acids is 3. The van der Waals surface area contributed by atoms with Crippen LogP contribution in [0.2, 0.25) is 0 Å². The summed E-state index contributed by atoms with van der Waals surface area (Å²) >= 11 is 0. The molecule has 1 fully saturated rings. The first-order valence-electron chi connectivity index (χ1n) is 12.6. The largest absolute Gasteiger partial charge is 0.490 e. The Kier molecular flexibility index (Phi) is 8.22. The molecule has 3 amide bonds. The summed E-state index contributed by atoms with van der Waals surface area (Å²) in [7, 11) is 0. The van der Waals surface area contributed by atoms with Crippen molar-refractivity contribution in [1.82, 2.24) is 20.6 Å². The first kappa shape index (κ1) is 25.9. The van der Waals surface area contributed by atoms with Crippen molar-refractivity contribution in [3.05, 3.63) is 83.4 Å². The highest BCUT2D eigenvalue weighted by molar-refractivity contribution is 5.98. The molecule has 1 aliphatic carbocycles. The van der Waals surface area contributed by atoms with Gasteiger partial charge in [-0.25, -0.2) is 0 Å². The number of amides is 3. The van der Waals surface area contributed by atoms with Crippen LogP contribution in [0.15, 0.2) is 60.9 Å². The van der Waals surface area contributed by atoms with E-state index in [-0.39, 0.29) is 34.9 Å². The first-order valence-corrected chi connectivity index (χ1v) is 12.6. The van der Waals surface area contributed by atoms with Crippen molar-refractivity contribution in [2.75, 3.05) is 0 Å². The molecule has 4 rings (SSSR count). The van der Waals surface area contributed by atoms with E-state index < -0.39 is 23.9 Å². The Morgan fingerprint density at radius 2 is 1.76 bits per heavy atom. The number of benzene rings is 1. The number of carbonyl (C=O) groups is 3. The fraction of sp³-hybridized carbons (Fsp3) is 0.357. The lowest BCUT2D eigenvalue weighted by Crippen LogP contribution is -2.49. The lowest BCUT2D eigenvalue weighted by atomic mass is 9.90. The molecule has 37 heavy (non-hydrogen) atoms. The van der Waals surface area contributed by atoms with Gasteiger partial charge >= 0.3 is 0 Å². The lowest BCUT2D eigenvalue weighted by molar-refractivity contribution is 0.0859. The molecule has 194 valence electrons. The Bertz CT molecular complexity index is 1230. The number of rotatable bonds is 10. The number of H-pyrrole nitrogens is 1. The molecule has 9 nitrogen and oxygen atoms in total. The van der Waals surface area contributed by atoms with Gasteiger partial charge in [-0.05, 0) is 49.3 Å². The van der Waals surface area contributed by atoms with Crippen LogP contribution in [0.3, 0.4) is 0 Å². The second-order valence-electron chi connectivity index (χ2n) is 9.67. The zero-order chi connectivity index (χ0) is 26.4. The van der Waals surface area contributed by atoms with E-state index in [4.69, 9.17) is 10.5 Å². The summed E-state index contributed by atoms with van der Waals surface area (Å²) in [5, 5.41) is 6.09. The monoisotopic (exact) mass is 503 g/mol. The van der Waals surface area contributed by atoms with E-state index in [2.05, 4.69) is 20.6 Å². The van der Waals surface area contributed by atoms with Gasteiger partial charge in [-0.1, -0.05) is 44.2 Å². The Balaban J connectivity index is 1.56. The van der Waals surface area contributed by atoms with Crippen molar-refractivity contribution < 1.29 is 19.1 Å². The lowest BCUT2D eigenvalue weighted by Gasteiger charge is -2.32. The maximum Gasteiger partial charge on any atom is 0.270 e. The molecule has 2 aromatic heterocycles. The molecular weight excluding hydrogens is 470 g/mol. The second kappa shape index (κ2) is 11.7. The van der Waals surface area contributed by atoms with Crippen molar-refractivity contribution in [2.24, 2.45) is 11.7 Å². The van der Waals surface area contributed by atoms with Crippen molar-refractivity contribution in [2.45, 2.75) is 57.7 Å². The number of pyridine rings is 1. The van der Waals surface area contributed by atoms with Gasteiger partial charge in [-0.15, -0.1) is 0 Å². The molecule has 1 aliphatic rings. The molecule has 1 aromatic carbocycles. The Morgan fingerprint density at radius 3 is 2.41 bits per heavy atom. The van der Waals surface area contributed by atoms with Gasteiger partial charge in [0, 0.05) is 18.5 Å². The van der Waals surface area contributed by atoms with Gasteiger partial charge in [0.15, 0.2) is 0 Å². The van der Waals surface area contributed by atoms with Gasteiger partial charge in [0.2, 0.25) is 5.91 Å². The number of hydrogen-bond acceptors (Lipinski definition) is 5. The first-order chi connectivity index (χ1) is 17.8. The molecule has 2 unspecified atom stereocenters. The smallest absolute Gasteiger partial charge is 0.270 e. The maximum absolute atomic E-state index is 13.4. The number of nitrogens with zero attached hydrogens (tertiary/aromatic N) is 1. The molecule has 0 saturated heterocycles. The Hall–Kier alpha value is -4.14. The van der Waals surface area contributed by atoms with Crippen LogP contribution in [0.25, 0.3) is 0 Å². The summed E-state index contributed by atoms with van der Waals surface area (Å²) < 4.78 is 6.05. The molecule has 0 aliphatic heterocycles. The summed E-state index contributed by atoms with van der Waals surface area (Å²) in [5.74, 6) is -0.844. The standard InChI is InChI=1S/C28H33N5O4/c1-17(2)24(32-27(35)22-14-19(16-31-22)26(29)34)25(18-8-4-3-5-9-18)33-28(36)23-15-21(12-13-30-23)37-20-10-6-7-11-20/h3-5,8-9,12-17,20,24-25,31H,6-7,10-11H2,1-2H3,(H2,29,34)(H,32,35)(H,33,36). The second-order valence-corrected chi connectivity index (χ2v) is 9.67. The molecule has 0 spiro atoms. The van der Waals surface area contributed by atoms with E-state index in [1.165, 1.54) is 12.3 Å². The van der Waals surface area contributed by atoms with Gasteiger partial charge in [-0.2, -0.15) is 0 Å². The number of aromatic amines is 1. The maximum atomic E-state index is 13.4. The van der Waals surface area contributed by atoms with E-state index >= 15 is 0 Å². The number of ether oxygens (including phenoxy) is 1. The van der Waals surface area contributed by atoms with Crippen LogP contribution < -0.4 is 21.1 Å². The summed E-state index contributed by atoms with van der Waals surface area (Å²) in [6.07, 6.45) is 7.45. The van der Waals surface area contributed by atoms with E-state index in [1.807, 2.05) is 44.2 Å². The third-order valence-corrected chi connectivity index (χ3v) is 6.60. The van der Waals surface area contributed by atoms with E-state index in [9.17, 15) is 14.4 Å². The molecule has 2 atom stereocenters. The normalized spacial score (nSPS) is 15.2. The van der Waals surface area contributed by atoms with Crippen molar-refractivity contribution in [3.8, 4) is 5.75 Å². The zero-order valence-electron chi connectivity index (χ0n) is 21.1. The van der Waals surface area contributed by atoms with Crippen LogP contribution in [0.5, 0.6) is 5.75 Å². The molecule has 2 heterocycles. The van der Waals surface area contributed by atoms with Crippen molar-refractivity contribution >= 4 is 17.7 Å². The highest BCUT2D eigenvalue weighted by atomic mass is 16.5. The van der Waals surface area contributed by atoms with Gasteiger partial charge in [-0.3, -0.25) is 19.4 Å². The van der Waals surface area contributed by atoms with Crippen LogP contribution in [-0.2, 0) is 0 Å².